The third-order valence-electron chi connectivity index (χ3n) is 2.77. The summed E-state index contributed by atoms with van der Waals surface area (Å²) in [5, 5.41) is 5.40. The van der Waals surface area contributed by atoms with Crippen molar-refractivity contribution in [2.24, 2.45) is 0 Å². The molecule has 3 rings (SSSR count). The van der Waals surface area contributed by atoms with Crippen LogP contribution in [0.4, 0.5) is 0 Å². The third kappa shape index (κ3) is 1.39. The summed E-state index contributed by atoms with van der Waals surface area (Å²) in [6, 6.07) is 5.98. The van der Waals surface area contributed by atoms with E-state index in [0.717, 1.165) is 17.9 Å². The van der Waals surface area contributed by atoms with Crippen LogP contribution in [0.15, 0.2) is 36.8 Å². The van der Waals surface area contributed by atoms with E-state index in [1.807, 2.05) is 23.0 Å². The van der Waals surface area contributed by atoms with Gasteiger partial charge in [-0.3, -0.25) is 4.68 Å². The van der Waals surface area contributed by atoms with E-state index < -0.39 is 0 Å². The van der Waals surface area contributed by atoms with Crippen LogP contribution < -0.4 is 0 Å². The molecule has 0 aliphatic carbocycles. The monoisotopic (exact) mass is 212 g/mol. The summed E-state index contributed by atoms with van der Waals surface area (Å²) in [7, 11) is 0. The Hall–Kier alpha value is -2.10. The van der Waals surface area contributed by atoms with E-state index in [0.29, 0.717) is 0 Å². The highest BCUT2D eigenvalue weighted by atomic mass is 15.3. The molecule has 0 saturated heterocycles. The fraction of sp³-hybridized carbons (Fsp3) is 0.167. The maximum Gasteiger partial charge on any atom is 0.137 e. The Balaban J connectivity index is 2.12. The summed E-state index contributed by atoms with van der Waals surface area (Å²) >= 11 is 0. The third-order valence-corrected chi connectivity index (χ3v) is 2.77. The Morgan fingerprint density at radius 2 is 2.25 bits per heavy atom. The van der Waals surface area contributed by atoms with Gasteiger partial charge in [-0.1, -0.05) is 0 Å². The zero-order chi connectivity index (χ0) is 11.0. The number of aromatic nitrogens is 4. The van der Waals surface area contributed by atoms with Crippen LogP contribution in [0, 0.1) is 6.92 Å². The fourth-order valence-corrected chi connectivity index (χ4v) is 1.96. The molecule has 4 nitrogen and oxygen atoms in total. The first kappa shape index (κ1) is 9.15. The summed E-state index contributed by atoms with van der Waals surface area (Å²) in [5.74, 6) is 0. The van der Waals surface area contributed by atoms with Gasteiger partial charge in [0.2, 0.25) is 0 Å². The topological polar surface area (TPSA) is 46.5 Å². The lowest BCUT2D eigenvalue weighted by atomic mass is 10.2. The van der Waals surface area contributed by atoms with Crippen LogP contribution in [-0.4, -0.2) is 19.7 Å². The van der Waals surface area contributed by atoms with Gasteiger partial charge in [0.1, 0.15) is 5.65 Å². The van der Waals surface area contributed by atoms with E-state index in [1.54, 1.807) is 12.4 Å². The lowest BCUT2D eigenvalue weighted by Gasteiger charge is -2.01. The maximum absolute atomic E-state index is 4.31. The fourth-order valence-electron chi connectivity index (χ4n) is 1.96. The zero-order valence-corrected chi connectivity index (χ0v) is 9.01. The van der Waals surface area contributed by atoms with Crippen LogP contribution in [0.5, 0.6) is 0 Å². The number of aryl methyl sites for hydroxylation is 1. The Morgan fingerprint density at radius 3 is 3.06 bits per heavy atom. The Bertz CT molecular complexity index is 607. The van der Waals surface area contributed by atoms with Crippen molar-refractivity contribution in [2.75, 3.05) is 0 Å². The molecule has 16 heavy (non-hydrogen) atoms. The predicted molar refractivity (Wildman–Crippen MR) is 62.2 cm³/mol. The zero-order valence-electron chi connectivity index (χ0n) is 9.01. The lowest BCUT2D eigenvalue weighted by Crippen LogP contribution is -2.00. The Kier molecular flexibility index (Phi) is 1.99. The van der Waals surface area contributed by atoms with Crippen LogP contribution >= 0.6 is 0 Å². The van der Waals surface area contributed by atoms with Crippen LogP contribution in [-0.2, 0) is 6.54 Å². The molecule has 0 atom stereocenters. The SMILES string of the molecule is Cc1[nH]c2ncccc2c1Cn1cccn1. The van der Waals surface area contributed by atoms with Gasteiger partial charge < -0.3 is 4.98 Å². The van der Waals surface area contributed by atoms with Crippen LogP contribution in [0.1, 0.15) is 11.3 Å². The van der Waals surface area contributed by atoms with Gasteiger partial charge in [-0.2, -0.15) is 5.10 Å². The summed E-state index contributed by atoms with van der Waals surface area (Å²) in [4.78, 5) is 7.59. The second-order valence-corrected chi connectivity index (χ2v) is 3.83. The molecule has 0 amide bonds. The molecule has 0 saturated carbocycles. The van der Waals surface area contributed by atoms with Crippen LogP contribution in [0.3, 0.4) is 0 Å². The standard InChI is InChI=1S/C12H12N4/c1-9-11(8-16-7-3-6-14-16)10-4-2-5-13-12(10)15-9/h2-7H,8H2,1H3,(H,13,15). The van der Waals surface area contributed by atoms with E-state index in [4.69, 9.17) is 0 Å². The summed E-state index contributed by atoms with van der Waals surface area (Å²) in [5.41, 5.74) is 3.36. The molecule has 1 N–H and O–H groups in total. The molecule has 4 heteroatoms. The average Bonchev–Trinajstić information content (AvgIpc) is 2.89. The number of hydrogen-bond donors (Lipinski definition) is 1. The highest BCUT2D eigenvalue weighted by Gasteiger charge is 2.08. The number of nitrogens with zero attached hydrogens (tertiary/aromatic N) is 3. The lowest BCUT2D eigenvalue weighted by molar-refractivity contribution is 0.687. The van der Waals surface area contributed by atoms with E-state index in [1.165, 1.54) is 10.9 Å². The van der Waals surface area contributed by atoms with Crippen molar-refractivity contribution in [1.29, 1.82) is 0 Å². The highest BCUT2D eigenvalue weighted by molar-refractivity contribution is 5.81. The van der Waals surface area contributed by atoms with Crippen molar-refractivity contribution in [3.8, 4) is 0 Å². The highest BCUT2D eigenvalue weighted by Crippen LogP contribution is 2.20. The normalized spacial score (nSPS) is 11.1. The molecule has 0 aliphatic heterocycles. The first-order valence-corrected chi connectivity index (χ1v) is 5.24. The van der Waals surface area contributed by atoms with Crippen molar-refractivity contribution in [1.82, 2.24) is 19.7 Å². The molecule has 0 aliphatic rings. The van der Waals surface area contributed by atoms with E-state index >= 15 is 0 Å². The molecular formula is C12H12N4. The van der Waals surface area contributed by atoms with Crippen LogP contribution in [0.25, 0.3) is 11.0 Å². The van der Waals surface area contributed by atoms with E-state index in [-0.39, 0.29) is 0 Å². The molecule has 0 fully saturated rings. The minimum atomic E-state index is 0.782. The molecule has 3 aromatic heterocycles. The van der Waals surface area contributed by atoms with Crippen molar-refractivity contribution < 1.29 is 0 Å². The molecule has 0 bridgehead atoms. The smallest absolute Gasteiger partial charge is 0.137 e. The van der Waals surface area contributed by atoms with Gasteiger partial charge in [0.25, 0.3) is 0 Å². The summed E-state index contributed by atoms with van der Waals surface area (Å²) in [6.07, 6.45) is 5.56. The molecule has 3 heterocycles. The largest absolute Gasteiger partial charge is 0.343 e. The number of aromatic amines is 1. The Morgan fingerprint density at radius 1 is 1.31 bits per heavy atom. The van der Waals surface area contributed by atoms with Gasteiger partial charge in [-0.05, 0) is 25.1 Å². The number of nitrogens with one attached hydrogen (secondary N) is 1. The molecule has 0 radical (unpaired) electrons. The van der Waals surface area contributed by atoms with Gasteiger partial charge in [0.15, 0.2) is 0 Å². The Labute approximate surface area is 92.9 Å². The molecule has 0 aromatic carbocycles. The summed E-state index contributed by atoms with van der Waals surface area (Å²) in [6.45, 7) is 2.85. The number of pyridine rings is 1. The average molecular weight is 212 g/mol. The van der Waals surface area contributed by atoms with E-state index in [9.17, 15) is 0 Å². The van der Waals surface area contributed by atoms with E-state index in [2.05, 4.69) is 28.1 Å². The maximum atomic E-state index is 4.31. The second-order valence-electron chi connectivity index (χ2n) is 3.83. The molecule has 0 spiro atoms. The van der Waals surface area contributed by atoms with Gasteiger partial charge in [0.05, 0.1) is 6.54 Å². The quantitative estimate of drug-likeness (QED) is 0.707. The molecule has 3 aromatic rings. The molecular weight excluding hydrogens is 200 g/mol. The number of H-pyrrole nitrogens is 1. The van der Waals surface area contributed by atoms with Crippen molar-refractivity contribution >= 4 is 11.0 Å². The van der Waals surface area contributed by atoms with Gasteiger partial charge in [-0.15, -0.1) is 0 Å². The van der Waals surface area contributed by atoms with Crippen molar-refractivity contribution in [3.63, 3.8) is 0 Å². The minimum Gasteiger partial charge on any atom is -0.343 e. The molecule has 80 valence electrons. The van der Waals surface area contributed by atoms with Crippen LogP contribution in [0.2, 0.25) is 0 Å². The van der Waals surface area contributed by atoms with Gasteiger partial charge in [0, 0.05) is 35.2 Å². The minimum absolute atomic E-state index is 0.782. The predicted octanol–water partition coefficient (Wildman–Crippen LogP) is 2.12. The summed E-state index contributed by atoms with van der Waals surface area (Å²) < 4.78 is 1.92. The first-order chi connectivity index (χ1) is 7.84. The number of hydrogen-bond acceptors (Lipinski definition) is 2. The van der Waals surface area contributed by atoms with Gasteiger partial charge >= 0.3 is 0 Å². The van der Waals surface area contributed by atoms with Gasteiger partial charge in [-0.25, -0.2) is 4.98 Å². The van der Waals surface area contributed by atoms with Crippen molar-refractivity contribution in [3.05, 3.63) is 48.0 Å². The number of rotatable bonds is 2. The molecule has 0 unspecified atom stereocenters. The second kappa shape index (κ2) is 3.48. The number of fused-ring (bicyclic) bond motifs is 1. The first-order valence-electron chi connectivity index (χ1n) is 5.24. The van der Waals surface area contributed by atoms with Crippen molar-refractivity contribution in [2.45, 2.75) is 13.5 Å².